The maximum absolute atomic E-state index is 4.22. The summed E-state index contributed by atoms with van der Waals surface area (Å²) in [4.78, 5) is 0. The molecule has 0 aliphatic carbocycles. The Morgan fingerprint density at radius 2 is 2.31 bits per heavy atom. The van der Waals surface area contributed by atoms with Crippen molar-refractivity contribution < 1.29 is 0 Å². The van der Waals surface area contributed by atoms with Gasteiger partial charge in [-0.2, -0.15) is 4.37 Å². The number of rotatable bonds is 1. The quantitative estimate of drug-likeness (QED) is 0.815. The molecule has 0 saturated carbocycles. The molecule has 3 rings (SSSR count). The molecule has 1 aromatic carbocycles. The van der Waals surface area contributed by atoms with Crippen LogP contribution in [0.3, 0.4) is 0 Å². The number of benzene rings is 1. The maximum Gasteiger partial charge on any atom is 0.0550 e. The summed E-state index contributed by atoms with van der Waals surface area (Å²) in [6.45, 7) is 3.46. The van der Waals surface area contributed by atoms with Gasteiger partial charge in [0.25, 0.3) is 0 Å². The van der Waals surface area contributed by atoms with E-state index in [1.807, 2.05) is 6.20 Å². The molecule has 1 fully saturated rings. The first kappa shape index (κ1) is 10.2. The van der Waals surface area contributed by atoms with Crippen molar-refractivity contribution in [1.82, 2.24) is 9.69 Å². The molecule has 1 N–H and O–H groups in total. The Bertz CT molecular complexity index is 483. The van der Waals surface area contributed by atoms with Crippen molar-refractivity contribution in [2.45, 2.75) is 25.8 Å². The highest BCUT2D eigenvalue weighted by atomic mass is 32.1. The molecule has 1 aromatic heterocycles. The van der Waals surface area contributed by atoms with E-state index < -0.39 is 0 Å². The van der Waals surface area contributed by atoms with Gasteiger partial charge in [-0.05, 0) is 54.5 Å². The van der Waals surface area contributed by atoms with Gasteiger partial charge in [-0.25, -0.2) is 0 Å². The normalized spacial score (nSPS) is 26.1. The molecule has 0 radical (unpaired) electrons. The molecule has 0 spiro atoms. The Balaban J connectivity index is 1.87. The van der Waals surface area contributed by atoms with Crippen LogP contribution in [0.15, 0.2) is 24.4 Å². The summed E-state index contributed by atoms with van der Waals surface area (Å²) in [5, 5.41) is 4.91. The van der Waals surface area contributed by atoms with Crippen molar-refractivity contribution in [3.8, 4) is 0 Å². The second kappa shape index (κ2) is 4.15. The number of hydrogen-bond acceptors (Lipinski definition) is 3. The zero-order valence-corrected chi connectivity index (χ0v) is 10.3. The SMILES string of the molecule is C[C@H]1CC[C@H](c2ccc3sncc3c2)NC1. The minimum Gasteiger partial charge on any atom is -0.310 e. The first-order valence-electron chi connectivity index (χ1n) is 5.90. The average molecular weight is 232 g/mol. The minimum absolute atomic E-state index is 0.542. The molecule has 1 saturated heterocycles. The van der Waals surface area contributed by atoms with Gasteiger partial charge in [-0.15, -0.1) is 0 Å². The fraction of sp³-hybridized carbons (Fsp3) is 0.462. The lowest BCUT2D eigenvalue weighted by Crippen LogP contribution is -2.31. The highest BCUT2D eigenvalue weighted by Gasteiger charge is 2.18. The van der Waals surface area contributed by atoms with Crippen LogP contribution in [0.4, 0.5) is 0 Å². The highest BCUT2D eigenvalue weighted by Crippen LogP contribution is 2.28. The summed E-state index contributed by atoms with van der Waals surface area (Å²) in [5.74, 6) is 0.822. The summed E-state index contributed by atoms with van der Waals surface area (Å²) in [6, 6.07) is 7.27. The van der Waals surface area contributed by atoms with E-state index in [4.69, 9.17) is 0 Å². The van der Waals surface area contributed by atoms with Crippen molar-refractivity contribution in [3.63, 3.8) is 0 Å². The summed E-state index contributed by atoms with van der Waals surface area (Å²) in [5.41, 5.74) is 1.42. The second-order valence-corrected chi connectivity index (χ2v) is 5.60. The van der Waals surface area contributed by atoms with Crippen LogP contribution in [0.5, 0.6) is 0 Å². The van der Waals surface area contributed by atoms with E-state index in [0.717, 1.165) is 12.5 Å². The third-order valence-corrected chi connectivity index (χ3v) is 4.22. The fourth-order valence-electron chi connectivity index (χ4n) is 2.39. The first-order valence-corrected chi connectivity index (χ1v) is 6.68. The molecular weight excluding hydrogens is 216 g/mol. The zero-order valence-electron chi connectivity index (χ0n) is 9.44. The van der Waals surface area contributed by atoms with Gasteiger partial charge in [-0.3, -0.25) is 0 Å². The van der Waals surface area contributed by atoms with Crippen LogP contribution in [-0.2, 0) is 0 Å². The molecule has 1 aliphatic rings. The number of fused-ring (bicyclic) bond motifs is 1. The Labute approximate surface area is 99.8 Å². The van der Waals surface area contributed by atoms with E-state index in [1.165, 1.54) is 28.5 Å². The highest BCUT2D eigenvalue weighted by molar-refractivity contribution is 7.13. The number of aromatic nitrogens is 1. The van der Waals surface area contributed by atoms with Crippen LogP contribution >= 0.6 is 11.5 Å². The molecular formula is C13H16N2S. The van der Waals surface area contributed by atoms with Crippen molar-refractivity contribution in [2.75, 3.05) is 6.54 Å². The number of piperidine rings is 1. The summed E-state index contributed by atoms with van der Waals surface area (Å²) in [6.07, 6.45) is 4.55. The van der Waals surface area contributed by atoms with Crippen molar-refractivity contribution in [2.24, 2.45) is 5.92 Å². The largest absolute Gasteiger partial charge is 0.310 e. The van der Waals surface area contributed by atoms with Gasteiger partial charge in [0.15, 0.2) is 0 Å². The van der Waals surface area contributed by atoms with E-state index in [0.29, 0.717) is 6.04 Å². The molecule has 84 valence electrons. The van der Waals surface area contributed by atoms with E-state index in [2.05, 4.69) is 34.8 Å². The predicted molar refractivity (Wildman–Crippen MR) is 68.8 cm³/mol. The zero-order chi connectivity index (χ0) is 11.0. The smallest absolute Gasteiger partial charge is 0.0550 e. The molecule has 0 bridgehead atoms. The molecule has 1 aliphatic heterocycles. The van der Waals surface area contributed by atoms with Crippen molar-refractivity contribution in [3.05, 3.63) is 30.0 Å². The molecule has 2 aromatic rings. The third-order valence-electron chi connectivity index (χ3n) is 3.44. The molecule has 0 amide bonds. The Morgan fingerprint density at radius 3 is 3.12 bits per heavy atom. The second-order valence-electron chi connectivity index (χ2n) is 4.77. The van der Waals surface area contributed by atoms with Crippen molar-refractivity contribution in [1.29, 1.82) is 0 Å². The van der Waals surface area contributed by atoms with E-state index in [-0.39, 0.29) is 0 Å². The van der Waals surface area contributed by atoms with E-state index in [9.17, 15) is 0 Å². The van der Waals surface area contributed by atoms with Crippen molar-refractivity contribution >= 4 is 21.6 Å². The minimum atomic E-state index is 0.542. The summed E-state index contributed by atoms with van der Waals surface area (Å²) in [7, 11) is 0. The van der Waals surface area contributed by atoms with Crippen LogP contribution in [0.25, 0.3) is 10.1 Å². The van der Waals surface area contributed by atoms with Gasteiger partial charge in [0, 0.05) is 17.6 Å². The lowest BCUT2D eigenvalue weighted by Gasteiger charge is -2.28. The van der Waals surface area contributed by atoms with Gasteiger partial charge >= 0.3 is 0 Å². The molecule has 0 unspecified atom stereocenters. The Morgan fingerprint density at radius 1 is 1.38 bits per heavy atom. The lowest BCUT2D eigenvalue weighted by molar-refractivity contribution is 0.333. The van der Waals surface area contributed by atoms with Gasteiger partial charge in [0.05, 0.1) is 4.70 Å². The monoisotopic (exact) mass is 232 g/mol. The molecule has 2 nitrogen and oxygen atoms in total. The van der Waals surface area contributed by atoms with Gasteiger partial charge in [-0.1, -0.05) is 13.0 Å². The van der Waals surface area contributed by atoms with Crippen LogP contribution in [-0.4, -0.2) is 10.9 Å². The number of nitrogens with one attached hydrogen (secondary N) is 1. The molecule has 2 atom stereocenters. The van der Waals surface area contributed by atoms with Crippen LogP contribution in [0, 0.1) is 5.92 Å². The first-order chi connectivity index (χ1) is 7.83. The van der Waals surface area contributed by atoms with Gasteiger partial charge in [0.2, 0.25) is 0 Å². The standard InChI is InChI=1S/C13H16N2S/c1-9-2-4-12(14-7-9)10-3-5-13-11(6-10)8-15-16-13/h3,5-6,8-9,12,14H,2,4,7H2,1H3/t9-,12+/m0/s1. The van der Waals surface area contributed by atoms with Gasteiger partial charge in [0.1, 0.15) is 0 Å². The predicted octanol–water partition coefficient (Wildman–Crippen LogP) is 3.36. The topological polar surface area (TPSA) is 24.9 Å². The molecule has 2 heterocycles. The number of nitrogens with zero attached hydrogens (tertiary/aromatic N) is 1. The van der Waals surface area contributed by atoms with Gasteiger partial charge < -0.3 is 5.32 Å². The lowest BCUT2D eigenvalue weighted by atomic mass is 9.92. The Kier molecular flexibility index (Phi) is 2.65. The third kappa shape index (κ3) is 1.85. The fourth-order valence-corrected chi connectivity index (χ4v) is 3.02. The van der Waals surface area contributed by atoms with Crippen LogP contribution in [0.2, 0.25) is 0 Å². The summed E-state index contributed by atoms with van der Waals surface area (Å²) >= 11 is 1.57. The van der Waals surface area contributed by atoms with Crippen LogP contribution < -0.4 is 5.32 Å². The molecule has 3 heteroatoms. The average Bonchev–Trinajstić information content (AvgIpc) is 2.77. The van der Waals surface area contributed by atoms with E-state index in [1.54, 1.807) is 11.5 Å². The molecule has 16 heavy (non-hydrogen) atoms. The van der Waals surface area contributed by atoms with E-state index >= 15 is 0 Å². The summed E-state index contributed by atoms with van der Waals surface area (Å²) < 4.78 is 5.51. The maximum atomic E-state index is 4.22. The number of hydrogen-bond donors (Lipinski definition) is 1. The Hall–Kier alpha value is -0.930. The van der Waals surface area contributed by atoms with Crippen LogP contribution in [0.1, 0.15) is 31.4 Å².